The standard InChI is InChI=1S/C10H9FN4S/c1-6-9(13-10(16)15-14-6)12-8-4-2-7(11)3-5-8/h2-5H,1H3,(H2,12,13,15,16). The maximum atomic E-state index is 12.7. The van der Waals surface area contributed by atoms with Crippen LogP contribution in [-0.4, -0.2) is 15.2 Å². The molecule has 0 saturated heterocycles. The minimum atomic E-state index is -0.279. The fourth-order valence-corrected chi connectivity index (χ4v) is 1.32. The van der Waals surface area contributed by atoms with Gasteiger partial charge in [0.15, 0.2) is 5.82 Å². The Labute approximate surface area is 96.6 Å². The van der Waals surface area contributed by atoms with Crippen molar-refractivity contribution in [2.75, 3.05) is 5.32 Å². The summed E-state index contributed by atoms with van der Waals surface area (Å²) in [5.74, 6) is 0.286. The molecule has 2 N–H and O–H groups in total. The van der Waals surface area contributed by atoms with Crippen molar-refractivity contribution in [3.05, 3.63) is 40.5 Å². The Bertz CT molecular complexity index is 549. The van der Waals surface area contributed by atoms with Gasteiger partial charge in [-0.25, -0.2) is 4.39 Å². The molecule has 0 unspecified atom stereocenters. The first-order valence-electron chi connectivity index (χ1n) is 4.61. The van der Waals surface area contributed by atoms with Gasteiger partial charge >= 0.3 is 0 Å². The number of nitrogens with zero attached hydrogens (tertiary/aromatic N) is 2. The Morgan fingerprint density at radius 1 is 1.31 bits per heavy atom. The Hall–Kier alpha value is -1.82. The van der Waals surface area contributed by atoms with Crippen molar-refractivity contribution in [2.24, 2.45) is 0 Å². The van der Waals surface area contributed by atoms with Crippen LogP contribution in [0.2, 0.25) is 0 Å². The van der Waals surface area contributed by atoms with E-state index in [9.17, 15) is 4.39 Å². The number of aryl methyl sites for hydroxylation is 1. The first-order chi connectivity index (χ1) is 7.65. The van der Waals surface area contributed by atoms with Gasteiger partial charge in [-0.05, 0) is 43.4 Å². The van der Waals surface area contributed by atoms with Crippen LogP contribution in [-0.2, 0) is 0 Å². The van der Waals surface area contributed by atoms with Crippen molar-refractivity contribution in [3.63, 3.8) is 0 Å². The van der Waals surface area contributed by atoms with Crippen LogP contribution in [0.15, 0.2) is 24.3 Å². The summed E-state index contributed by atoms with van der Waals surface area (Å²) in [4.78, 5) is 4.08. The van der Waals surface area contributed by atoms with Gasteiger partial charge in [0.2, 0.25) is 4.77 Å². The summed E-state index contributed by atoms with van der Waals surface area (Å²) in [7, 11) is 0. The number of anilines is 2. The molecule has 0 spiro atoms. The Balaban J connectivity index is 2.30. The molecular weight excluding hydrogens is 227 g/mol. The van der Waals surface area contributed by atoms with E-state index in [1.54, 1.807) is 19.1 Å². The normalized spacial score (nSPS) is 10.1. The molecule has 1 heterocycles. The van der Waals surface area contributed by atoms with Crippen molar-refractivity contribution in [2.45, 2.75) is 6.92 Å². The Morgan fingerprint density at radius 2 is 2.00 bits per heavy atom. The quantitative estimate of drug-likeness (QED) is 0.787. The molecule has 0 aliphatic heterocycles. The number of aromatic amines is 1. The molecule has 1 aromatic heterocycles. The number of nitrogens with one attached hydrogen (secondary N) is 2. The van der Waals surface area contributed by atoms with Gasteiger partial charge in [-0.1, -0.05) is 0 Å². The van der Waals surface area contributed by atoms with Crippen LogP contribution in [0.25, 0.3) is 0 Å². The van der Waals surface area contributed by atoms with Gasteiger partial charge in [0.25, 0.3) is 0 Å². The van der Waals surface area contributed by atoms with Crippen LogP contribution in [0.5, 0.6) is 0 Å². The summed E-state index contributed by atoms with van der Waals surface area (Å²) in [6.07, 6.45) is 0. The van der Waals surface area contributed by atoms with Crippen LogP contribution in [0.3, 0.4) is 0 Å². The van der Waals surface area contributed by atoms with Crippen LogP contribution < -0.4 is 5.32 Å². The molecule has 0 bridgehead atoms. The lowest BCUT2D eigenvalue weighted by Gasteiger charge is -2.06. The summed E-state index contributed by atoms with van der Waals surface area (Å²) in [5.41, 5.74) is 1.43. The van der Waals surface area contributed by atoms with Crippen molar-refractivity contribution < 1.29 is 4.39 Å². The van der Waals surface area contributed by atoms with E-state index in [0.29, 0.717) is 16.3 Å². The first-order valence-corrected chi connectivity index (χ1v) is 5.02. The van der Waals surface area contributed by atoms with Crippen molar-refractivity contribution in [3.8, 4) is 0 Å². The Kier molecular flexibility index (Phi) is 2.91. The minimum Gasteiger partial charge on any atom is -0.339 e. The summed E-state index contributed by atoms with van der Waals surface area (Å²) in [5, 5.41) is 9.57. The van der Waals surface area contributed by atoms with E-state index in [1.807, 2.05) is 0 Å². The number of aromatic nitrogens is 3. The van der Waals surface area contributed by atoms with Crippen molar-refractivity contribution in [1.29, 1.82) is 0 Å². The molecule has 82 valence electrons. The summed E-state index contributed by atoms with van der Waals surface area (Å²) >= 11 is 4.87. The third-order valence-corrected chi connectivity index (χ3v) is 2.16. The SMILES string of the molecule is Cc1n[nH]c(=S)nc1Nc1ccc(F)cc1. The largest absolute Gasteiger partial charge is 0.339 e. The summed E-state index contributed by atoms with van der Waals surface area (Å²) in [6.45, 7) is 1.80. The zero-order valence-electron chi connectivity index (χ0n) is 8.49. The third-order valence-electron chi connectivity index (χ3n) is 1.98. The highest BCUT2D eigenvalue weighted by Crippen LogP contribution is 2.16. The maximum Gasteiger partial charge on any atom is 0.215 e. The molecule has 0 amide bonds. The number of hydrogen-bond acceptors (Lipinski definition) is 4. The topological polar surface area (TPSA) is 53.6 Å². The van der Waals surface area contributed by atoms with Gasteiger partial charge in [0.05, 0.1) is 0 Å². The fourth-order valence-electron chi connectivity index (χ4n) is 1.18. The summed E-state index contributed by atoms with van der Waals surface area (Å²) < 4.78 is 13.0. The average Bonchev–Trinajstić information content (AvgIpc) is 2.27. The lowest BCUT2D eigenvalue weighted by Crippen LogP contribution is -2.00. The lowest BCUT2D eigenvalue weighted by atomic mass is 10.3. The van der Waals surface area contributed by atoms with Gasteiger partial charge in [0, 0.05) is 5.69 Å². The van der Waals surface area contributed by atoms with E-state index in [2.05, 4.69) is 20.5 Å². The second kappa shape index (κ2) is 4.36. The number of halogens is 1. The van der Waals surface area contributed by atoms with E-state index in [0.717, 1.165) is 5.69 Å². The number of H-pyrrole nitrogens is 1. The molecule has 4 nitrogen and oxygen atoms in total. The van der Waals surface area contributed by atoms with E-state index in [4.69, 9.17) is 12.2 Å². The molecule has 2 rings (SSSR count). The zero-order valence-corrected chi connectivity index (χ0v) is 9.31. The fraction of sp³-hybridized carbons (Fsp3) is 0.100. The van der Waals surface area contributed by atoms with Gasteiger partial charge in [-0.3, -0.25) is 5.10 Å². The van der Waals surface area contributed by atoms with Crippen LogP contribution in [0.1, 0.15) is 5.69 Å². The first kappa shape index (κ1) is 10.7. The molecule has 0 radical (unpaired) electrons. The molecule has 0 fully saturated rings. The molecule has 1 aromatic carbocycles. The monoisotopic (exact) mass is 236 g/mol. The van der Waals surface area contributed by atoms with Crippen molar-refractivity contribution >= 4 is 23.7 Å². The molecule has 0 atom stereocenters. The van der Waals surface area contributed by atoms with E-state index >= 15 is 0 Å². The highest BCUT2D eigenvalue weighted by molar-refractivity contribution is 7.71. The summed E-state index contributed by atoms with van der Waals surface area (Å²) in [6, 6.07) is 5.98. The van der Waals surface area contributed by atoms with Crippen LogP contribution in [0.4, 0.5) is 15.9 Å². The van der Waals surface area contributed by atoms with Gasteiger partial charge in [0.1, 0.15) is 11.5 Å². The molecular formula is C10H9FN4S. The average molecular weight is 236 g/mol. The lowest BCUT2D eigenvalue weighted by molar-refractivity contribution is 0.628. The third kappa shape index (κ3) is 2.40. The highest BCUT2D eigenvalue weighted by atomic mass is 32.1. The maximum absolute atomic E-state index is 12.7. The van der Waals surface area contributed by atoms with Crippen LogP contribution >= 0.6 is 12.2 Å². The number of rotatable bonds is 2. The second-order valence-electron chi connectivity index (χ2n) is 3.21. The molecule has 0 aliphatic carbocycles. The highest BCUT2D eigenvalue weighted by Gasteiger charge is 2.01. The van der Waals surface area contributed by atoms with E-state index < -0.39 is 0 Å². The Morgan fingerprint density at radius 3 is 2.69 bits per heavy atom. The van der Waals surface area contributed by atoms with Crippen LogP contribution in [0, 0.1) is 17.5 Å². The number of hydrogen-bond donors (Lipinski definition) is 2. The second-order valence-corrected chi connectivity index (χ2v) is 3.59. The molecule has 6 heteroatoms. The van der Waals surface area contributed by atoms with E-state index in [-0.39, 0.29) is 5.82 Å². The zero-order chi connectivity index (χ0) is 11.5. The molecule has 0 saturated carbocycles. The molecule has 0 aliphatic rings. The van der Waals surface area contributed by atoms with Gasteiger partial charge < -0.3 is 5.32 Å². The van der Waals surface area contributed by atoms with Crippen molar-refractivity contribution in [1.82, 2.24) is 15.2 Å². The minimum absolute atomic E-state index is 0.279. The smallest absolute Gasteiger partial charge is 0.215 e. The van der Waals surface area contributed by atoms with Gasteiger partial charge in [-0.15, -0.1) is 0 Å². The van der Waals surface area contributed by atoms with E-state index in [1.165, 1.54) is 12.1 Å². The van der Waals surface area contributed by atoms with Gasteiger partial charge in [-0.2, -0.15) is 10.1 Å². The molecule has 16 heavy (non-hydrogen) atoms. The number of benzene rings is 1. The predicted molar refractivity (Wildman–Crippen MR) is 61.6 cm³/mol. The predicted octanol–water partition coefficient (Wildman–Crippen LogP) is 2.73. The molecule has 2 aromatic rings.